The summed E-state index contributed by atoms with van der Waals surface area (Å²) in [5, 5.41) is 2.64. The van der Waals surface area contributed by atoms with E-state index in [1.165, 1.54) is 13.8 Å². The molecule has 2 aromatic rings. The first-order valence-electron chi connectivity index (χ1n) is 11.0. The minimum atomic E-state index is -1.27. The lowest BCUT2D eigenvalue weighted by Crippen LogP contribution is -2.67. The third kappa shape index (κ3) is 6.21. The van der Waals surface area contributed by atoms with Crippen LogP contribution < -0.4 is 15.0 Å². The maximum atomic E-state index is 12.1. The molecule has 1 amide bonds. The number of fused-ring (bicyclic) bond motifs is 1. The van der Waals surface area contributed by atoms with E-state index >= 15 is 0 Å². The number of aryl methyl sites for hydroxylation is 1. The maximum absolute atomic E-state index is 12.1. The molecule has 0 saturated carbocycles. The maximum Gasteiger partial charge on any atom is 0.396 e. The van der Waals surface area contributed by atoms with Crippen LogP contribution in [-0.2, 0) is 38.1 Å². The van der Waals surface area contributed by atoms with Crippen molar-refractivity contribution in [2.24, 2.45) is 0 Å². The molecular weight excluding hydrogens is 498 g/mol. The van der Waals surface area contributed by atoms with E-state index in [-0.39, 0.29) is 6.61 Å². The molecule has 0 bridgehead atoms. The molecule has 0 unspecified atom stereocenters. The number of hydrogen-bond acceptors (Lipinski definition) is 12. The standard InChI is InChI=1S/C23H27NO11S/c1-9-10(2)19-17(36-23(29)35-19)7-15(9)33-22-18(24-11(3)25)21(32-14(6)28)20(31-13(5)27)16(34-22)8-30-12(4)26/h7,16,18,20-22H,8H2,1-6H3,(H,24,25)/t16-,18+,20+,21+,22-/m1/s1. The van der Waals surface area contributed by atoms with Crippen LogP contribution in [0.25, 0.3) is 10.3 Å². The van der Waals surface area contributed by atoms with E-state index in [4.69, 9.17) is 28.1 Å². The highest BCUT2D eigenvalue weighted by Gasteiger charge is 2.52. The van der Waals surface area contributed by atoms with Crippen LogP contribution in [0.5, 0.6) is 5.75 Å². The molecule has 1 fully saturated rings. The van der Waals surface area contributed by atoms with Crippen molar-refractivity contribution in [3.63, 3.8) is 0 Å². The molecule has 1 aliphatic heterocycles. The van der Waals surface area contributed by atoms with Crippen LogP contribution >= 0.6 is 11.3 Å². The minimum absolute atomic E-state index is 0.316. The second-order valence-corrected chi connectivity index (χ2v) is 9.22. The minimum Gasteiger partial charge on any atom is -0.463 e. The number of rotatable bonds is 7. The summed E-state index contributed by atoms with van der Waals surface area (Å²) >= 11 is 0.894. The van der Waals surface area contributed by atoms with Crippen LogP contribution in [0.2, 0.25) is 0 Å². The molecule has 0 spiro atoms. The average Bonchev–Trinajstić information content (AvgIpc) is 3.13. The van der Waals surface area contributed by atoms with Gasteiger partial charge in [0.05, 0.1) is 4.70 Å². The number of esters is 3. The lowest BCUT2D eigenvalue weighted by molar-refractivity contribution is -0.257. The third-order valence-electron chi connectivity index (χ3n) is 5.45. The van der Waals surface area contributed by atoms with Gasteiger partial charge in [-0.3, -0.25) is 19.2 Å². The molecule has 196 valence electrons. The molecular formula is C23H27NO11S. The van der Waals surface area contributed by atoms with Crippen molar-refractivity contribution in [3.8, 4) is 5.75 Å². The van der Waals surface area contributed by atoms with Crippen molar-refractivity contribution in [2.45, 2.75) is 72.2 Å². The SMILES string of the molecule is CC(=O)N[C@@H]1[C@H](Oc2cc3sc(=O)oc3c(C)c2C)O[C@H](COC(C)=O)[C@H](OC(C)=O)[C@H]1OC(C)=O. The highest BCUT2D eigenvalue weighted by Crippen LogP contribution is 2.35. The fourth-order valence-corrected chi connectivity index (χ4v) is 4.63. The summed E-state index contributed by atoms with van der Waals surface area (Å²) in [6.45, 7) is 7.91. The van der Waals surface area contributed by atoms with Gasteiger partial charge in [-0.2, -0.15) is 0 Å². The van der Waals surface area contributed by atoms with Gasteiger partial charge in [0.15, 0.2) is 17.8 Å². The van der Waals surface area contributed by atoms with Gasteiger partial charge in [0.1, 0.15) is 24.5 Å². The molecule has 12 nitrogen and oxygen atoms in total. The summed E-state index contributed by atoms with van der Waals surface area (Å²) in [5.74, 6) is -2.21. The molecule has 0 radical (unpaired) electrons. The van der Waals surface area contributed by atoms with Gasteiger partial charge in [0.2, 0.25) is 12.2 Å². The molecule has 1 saturated heterocycles. The van der Waals surface area contributed by atoms with Crippen LogP contribution in [0.4, 0.5) is 0 Å². The Hall–Kier alpha value is -3.45. The van der Waals surface area contributed by atoms with Gasteiger partial charge in [-0.1, -0.05) is 11.3 Å². The van der Waals surface area contributed by atoms with Gasteiger partial charge in [-0.15, -0.1) is 0 Å². The first-order chi connectivity index (χ1) is 16.9. The first kappa shape index (κ1) is 27.1. The first-order valence-corrected chi connectivity index (χ1v) is 11.8. The predicted molar refractivity (Wildman–Crippen MR) is 124 cm³/mol. The van der Waals surface area contributed by atoms with Crippen LogP contribution in [-0.4, -0.2) is 61.1 Å². The van der Waals surface area contributed by atoms with E-state index < -0.39 is 59.4 Å². The highest BCUT2D eigenvalue weighted by molar-refractivity contribution is 7.16. The van der Waals surface area contributed by atoms with E-state index in [9.17, 15) is 24.0 Å². The molecule has 36 heavy (non-hydrogen) atoms. The summed E-state index contributed by atoms with van der Waals surface area (Å²) in [6, 6.07) is 0.476. The Morgan fingerprint density at radius 3 is 2.19 bits per heavy atom. The number of amides is 1. The second-order valence-electron chi connectivity index (χ2n) is 8.24. The van der Waals surface area contributed by atoms with E-state index in [1.54, 1.807) is 19.9 Å². The molecule has 1 aromatic carbocycles. The molecule has 3 rings (SSSR count). The molecule has 2 heterocycles. The normalized spacial score (nSPS) is 23.6. The third-order valence-corrected chi connectivity index (χ3v) is 6.22. The monoisotopic (exact) mass is 525 g/mol. The number of ether oxygens (including phenoxy) is 5. The van der Waals surface area contributed by atoms with E-state index in [1.807, 2.05) is 0 Å². The smallest absolute Gasteiger partial charge is 0.396 e. The Labute approximate surface area is 209 Å². The van der Waals surface area contributed by atoms with Crippen molar-refractivity contribution in [3.05, 3.63) is 26.9 Å². The van der Waals surface area contributed by atoms with Crippen LogP contribution in [0.3, 0.4) is 0 Å². The molecule has 1 aliphatic rings. The zero-order valence-corrected chi connectivity index (χ0v) is 21.4. The van der Waals surface area contributed by atoms with Crippen LogP contribution in [0.1, 0.15) is 38.8 Å². The van der Waals surface area contributed by atoms with Crippen molar-refractivity contribution in [1.82, 2.24) is 5.32 Å². The Kier molecular flexibility index (Phi) is 8.35. The summed E-state index contributed by atoms with van der Waals surface area (Å²) < 4.78 is 33.9. The van der Waals surface area contributed by atoms with Crippen LogP contribution in [0, 0.1) is 13.8 Å². The van der Waals surface area contributed by atoms with Crippen LogP contribution in [0.15, 0.2) is 15.3 Å². The van der Waals surface area contributed by atoms with Gasteiger partial charge in [-0.05, 0) is 25.0 Å². The molecule has 1 aromatic heterocycles. The summed E-state index contributed by atoms with van der Waals surface area (Å²) in [4.78, 5) is 58.7. The number of nitrogens with one attached hydrogen (secondary N) is 1. The van der Waals surface area contributed by atoms with E-state index in [0.717, 1.165) is 25.2 Å². The van der Waals surface area contributed by atoms with E-state index in [0.29, 0.717) is 27.2 Å². The van der Waals surface area contributed by atoms with Gasteiger partial charge in [-0.25, -0.2) is 4.79 Å². The zero-order valence-electron chi connectivity index (χ0n) is 20.6. The number of benzene rings is 1. The molecule has 1 N–H and O–H groups in total. The molecule has 0 aliphatic carbocycles. The Morgan fingerprint density at radius 1 is 0.972 bits per heavy atom. The summed E-state index contributed by atoms with van der Waals surface area (Å²) in [5.41, 5.74) is 1.73. The fourth-order valence-electron chi connectivity index (χ4n) is 3.87. The number of carbonyl (C=O) groups excluding carboxylic acids is 4. The topological polar surface area (TPSA) is 157 Å². The number of carbonyl (C=O) groups is 4. The summed E-state index contributed by atoms with van der Waals surface area (Å²) in [6.07, 6.45) is -4.85. The highest BCUT2D eigenvalue weighted by atomic mass is 32.1. The van der Waals surface area contributed by atoms with E-state index in [2.05, 4.69) is 5.32 Å². The van der Waals surface area contributed by atoms with Crippen molar-refractivity contribution >= 4 is 45.4 Å². The van der Waals surface area contributed by atoms with Crippen molar-refractivity contribution < 1.29 is 47.3 Å². The summed E-state index contributed by atoms with van der Waals surface area (Å²) in [7, 11) is 0. The van der Waals surface area contributed by atoms with Gasteiger partial charge >= 0.3 is 22.8 Å². The average molecular weight is 526 g/mol. The van der Waals surface area contributed by atoms with Gasteiger partial charge in [0, 0.05) is 33.8 Å². The van der Waals surface area contributed by atoms with Crippen molar-refractivity contribution in [1.29, 1.82) is 0 Å². The number of hydrogen-bond donors (Lipinski definition) is 1. The van der Waals surface area contributed by atoms with Crippen molar-refractivity contribution in [2.75, 3.05) is 6.61 Å². The molecule has 5 atom stereocenters. The predicted octanol–water partition coefficient (Wildman–Crippen LogP) is 1.51. The molecule has 13 heteroatoms. The lowest BCUT2D eigenvalue weighted by Gasteiger charge is -2.44. The Morgan fingerprint density at radius 2 is 1.61 bits per heavy atom. The Balaban J connectivity index is 2.07. The Bertz CT molecular complexity index is 1230. The quantitative estimate of drug-likeness (QED) is 0.413. The van der Waals surface area contributed by atoms with Gasteiger partial charge < -0.3 is 33.4 Å². The zero-order chi connectivity index (χ0) is 26.7. The largest absolute Gasteiger partial charge is 0.463 e. The fraction of sp³-hybridized carbons (Fsp3) is 0.522. The second kappa shape index (κ2) is 11.1. The lowest BCUT2D eigenvalue weighted by atomic mass is 9.96. The van der Waals surface area contributed by atoms with Gasteiger partial charge in [0.25, 0.3) is 0 Å².